The number of likely N-dealkylation sites (tertiary alicyclic amines) is 1. The van der Waals surface area contributed by atoms with Crippen molar-refractivity contribution >= 4 is 11.6 Å². The molecule has 7 nitrogen and oxygen atoms in total. The molecule has 3 aromatic rings. The Balaban J connectivity index is 1.33. The number of benzene rings is 2. The first-order chi connectivity index (χ1) is 16.4. The van der Waals surface area contributed by atoms with Gasteiger partial charge in [-0.1, -0.05) is 23.7 Å². The Morgan fingerprint density at radius 2 is 2.00 bits per heavy atom. The Labute approximate surface area is 205 Å². The SMILES string of the molecule is COc1cc(CN2CCC[C@@](O)(COc3cc(C)ccc3Cl)C2)ccc1OCCn1cccn1. The summed E-state index contributed by atoms with van der Waals surface area (Å²) in [6.45, 7) is 5.52. The molecule has 0 spiro atoms. The molecular weight excluding hydrogens is 454 g/mol. The minimum atomic E-state index is -0.926. The zero-order valence-corrected chi connectivity index (χ0v) is 20.5. The Hall–Kier alpha value is -2.74. The summed E-state index contributed by atoms with van der Waals surface area (Å²) < 4.78 is 19.2. The van der Waals surface area contributed by atoms with Gasteiger partial charge in [-0.2, -0.15) is 5.10 Å². The molecule has 1 aliphatic heterocycles. The van der Waals surface area contributed by atoms with Crippen LogP contribution < -0.4 is 14.2 Å². The van der Waals surface area contributed by atoms with E-state index < -0.39 is 5.60 Å². The van der Waals surface area contributed by atoms with Gasteiger partial charge in [0.15, 0.2) is 11.5 Å². The maximum atomic E-state index is 11.2. The topological polar surface area (TPSA) is 69.0 Å². The van der Waals surface area contributed by atoms with Crippen molar-refractivity contribution in [1.29, 1.82) is 0 Å². The van der Waals surface area contributed by atoms with Crippen molar-refractivity contribution in [1.82, 2.24) is 14.7 Å². The molecule has 2 aromatic carbocycles. The van der Waals surface area contributed by atoms with Crippen LogP contribution in [0.1, 0.15) is 24.0 Å². The molecule has 8 heteroatoms. The van der Waals surface area contributed by atoms with Crippen molar-refractivity contribution < 1.29 is 19.3 Å². The van der Waals surface area contributed by atoms with E-state index in [1.54, 1.807) is 13.3 Å². The van der Waals surface area contributed by atoms with E-state index in [-0.39, 0.29) is 6.61 Å². The Morgan fingerprint density at radius 3 is 2.79 bits per heavy atom. The van der Waals surface area contributed by atoms with Crippen LogP contribution in [0.4, 0.5) is 0 Å². The minimum Gasteiger partial charge on any atom is -0.493 e. The van der Waals surface area contributed by atoms with Crippen LogP contribution in [-0.2, 0) is 13.1 Å². The van der Waals surface area contributed by atoms with Crippen molar-refractivity contribution in [3.63, 3.8) is 0 Å². The van der Waals surface area contributed by atoms with Gasteiger partial charge >= 0.3 is 0 Å². The van der Waals surface area contributed by atoms with Gasteiger partial charge in [-0.3, -0.25) is 9.58 Å². The summed E-state index contributed by atoms with van der Waals surface area (Å²) >= 11 is 6.25. The summed E-state index contributed by atoms with van der Waals surface area (Å²) in [6, 6.07) is 13.5. The lowest BCUT2D eigenvalue weighted by Gasteiger charge is -2.39. The summed E-state index contributed by atoms with van der Waals surface area (Å²) in [5, 5.41) is 15.9. The third-order valence-corrected chi connectivity index (χ3v) is 6.30. The monoisotopic (exact) mass is 485 g/mol. The summed E-state index contributed by atoms with van der Waals surface area (Å²) in [5.41, 5.74) is 1.24. The van der Waals surface area contributed by atoms with Gasteiger partial charge in [0.1, 0.15) is 24.6 Å². The molecule has 1 saturated heterocycles. The Bertz CT molecular complexity index is 1080. The number of rotatable bonds is 10. The molecule has 1 N–H and O–H groups in total. The van der Waals surface area contributed by atoms with Crippen molar-refractivity contribution in [2.45, 2.75) is 38.5 Å². The summed E-state index contributed by atoms with van der Waals surface area (Å²) in [5.74, 6) is 2.01. The molecule has 0 radical (unpaired) electrons. The Kier molecular flexibility index (Phi) is 7.98. The highest BCUT2D eigenvalue weighted by atomic mass is 35.5. The van der Waals surface area contributed by atoms with Crippen molar-refractivity contribution in [3.8, 4) is 17.2 Å². The zero-order chi connectivity index (χ0) is 24.0. The maximum Gasteiger partial charge on any atom is 0.161 e. The predicted octanol–water partition coefficient (Wildman–Crippen LogP) is 4.34. The fourth-order valence-corrected chi connectivity index (χ4v) is 4.43. The lowest BCUT2D eigenvalue weighted by atomic mass is 9.93. The zero-order valence-electron chi connectivity index (χ0n) is 19.7. The standard InChI is InChI=1S/C26H32ClN3O4/c1-20-5-7-22(27)24(15-20)34-19-26(31)9-3-11-29(18-26)17-21-6-8-23(25(16-21)32-2)33-14-13-30-12-4-10-28-30/h4-8,10,12,15-16,31H,3,9,11,13-14,17-19H2,1-2H3/t26-/m0/s1. The van der Waals surface area contributed by atoms with Crippen LogP contribution in [-0.4, -0.2) is 58.8 Å². The van der Waals surface area contributed by atoms with Crippen LogP contribution in [0.3, 0.4) is 0 Å². The van der Waals surface area contributed by atoms with Gasteiger partial charge in [0.05, 0.1) is 18.7 Å². The lowest BCUT2D eigenvalue weighted by molar-refractivity contribution is -0.0621. The third-order valence-electron chi connectivity index (χ3n) is 5.99. The highest BCUT2D eigenvalue weighted by Crippen LogP contribution is 2.31. The number of halogens is 1. The molecule has 0 unspecified atom stereocenters. The normalized spacial score (nSPS) is 18.6. The number of piperidine rings is 1. The first kappa shape index (κ1) is 24.4. The van der Waals surface area contributed by atoms with E-state index in [0.717, 1.165) is 24.1 Å². The molecule has 4 rings (SSSR count). The molecular formula is C26H32ClN3O4. The molecule has 182 valence electrons. The smallest absolute Gasteiger partial charge is 0.161 e. The van der Waals surface area contributed by atoms with E-state index in [9.17, 15) is 5.11 Å². The first-order valence-electron chi connectivity index (χ1n) is 11.5. The number of hydrogen-bond acceptors (Lipinski definition) is 6. The number of nitrogens with zero attached hydrogens (tertiary/aromatic N) is 3. The number of β-amino-alcohol motifs (C(OH)–C–C–N with tert-alkyl or cyclic N) is 1. The third kappa shape index (κ3) is 6.44. The van der Waals surface area contributed by atoms with E-state index in [0.29, 0.717) is 54.9 Å². The number of ether oxygens (including phenoxy) is 3. The fraction of sp³-hybridized carbons (Fsp3) is 0.423. The van der Waals surface area contributed by atoms with Crippen molar-refractivity contribution in [3.05, 3.63) is 71.0 Å². The largest absolute Gasteiger partial charge is 0.493 e. The average Bonchev–Trinajstić information content (AvgIpc) is 3.34. The van der Waals surface area contributed by atoms with E-state index in [1.807, 2.05) is 60.3 Å². The van der Waals surface area contributed by atoms with Crippen LogP contribution >= 0.6 is 11.6 Å². The number of aliphatic hydroxyl groups is 1. The predicted molar refractivity (Wildman–Crippen MR) is 132 cm³/mol. The van der Waals surface area contributed by atoms with Gasteiger partial charge in [0.2, 0.25) is 0 Å². The number of aromatic nitrogens is 2. The van der Waals surface area contributed by atoms with Gasteiger partial charge in [0.25, 0.3) is 0 Å². The second kappa shape index (κ2) is 11.1. The van der Waals surface area contributed by atoms with Gasteiger partial charge in [-0.25, -0.2) is 0 Å². The first-order valence-corrected chi connectivity index (χ1v) is 11.9. The highest BCUT2D eigenvalue weighted by Gasteiger charge is 2.34. The molecule has 0 amide bonds. The molecule has 0 bridgehead atoms. The van der Waals surface area contributed by atoms with Gasteiger partial charge in [0, 0.05) is 25.5 Å². The van der Waals surface area contributed by atoms with Crippen molar-refractivity contribution in [2.24, 2.45) is 0 Å². The van der Waals surface area contributed by atoms with Gasteiger partial charge in [-0.15, -0.1) is 0 Å². The van der Waals surface area contributed by atoms with Crippen LogP contribution in [0.2, 0.25) is 5.02 Å². The number of hydrogen-bond donors (Lipinski definition) is 1. The van der Waals surface area contributed by atoms with E-state index >= 15 is 0 Å². The molecule has 2 heterocycles. The quantitative estimate of drug-likeness (QED) is 0.460. The summed E-state index contributed by atoms with van der Waals surface area (Å²) in [4.78, 5) is 2.25. The minimum absolute atomic E-state index is 0.207. The van der Waals surface area contributed by atoms with E-state index in [1.165, 1.54) is 0 Å². The molecule has 1 aromatic heterocycles. The summed E-state index contributed by atoms with van der Waals surface area (Å²) in [7, 11) is 1.65. The molecule has 1 aliphatic rings. The second-order valence-corrected chi connectivity index (χ2v) is 9.27. The Morgan fingerprint density at radius 1 is 1.12 bits per heavy atom. The van der Waals surface area contributed by atoms with Crippen LogP contribution in [0.5, 0.6) is 17.2 Å². The van der Waals surface area contributed by atoms with E-state index in [4.69, 9.17) is 25.8 Å². The van der Waals surface area contributed by atoms with Crippen molar-refractivity contribution in [2.75, 3.05) is 33.4 Å². The lowest BCUT2D eigenvalue weighted by Crippen LogP contribution is -2.51. The molecule has 34 heavy (non-hydrogen) atoms. The number of aryl methyl sites for hydroxylation is 1. The highest BCUT2D eigenvalue weighted by molar-refractivity contribution is 6.32. The molecule has 0 aliphatic carbocycles. The van der Waals surface area contributed by atoms with E-state index in [2.05, 4.69) is 10.00 Å². The number of methoxy groups -OCH3 is 1. The van der Waals surface area contributed by atoms with Gasteiger partial charge in [-0.05, 0) is 67.8 Å². The van der Waals surface area contributed by atoms with Crippen LogP contribution in [0.25, 0.3) is 0 Å². The fourth-order valence-electron chi connectivity index (χ4n) is 4.26. The molecule has 1 atom stereocenters. The molecule has 1 fully saturated rings. The van der Waals surface area contributed by atoms with Gasteiger partial charge < -0.3 is 19.3 Å². The van der Waals surface area contributed by atoms with Crippen LogP contribution in [0, 0.1) is 6.92 Å². The second-order valence-electron chi connectivity index (χ2n) is 8.86. The maximum absolute atomic E-state index is 11.2. The molecule has 0 saturated carbocycles. The van der Waals surface area contributed by atoms with Crippen LogP contribution in [0.15, 0.2) is 54.9 Å². The average molecular weight is 486 g/mol. The summed E-state index contributed by atoms with van der Waals surface area (Å²) in [6.07, 6.45) is 5.25.